The zero-order chi connectivity index (χ0) is 14.7. The first-order chi connectivity index (χ1) is 9.50. The number of rotatable bonds is 5. The number of nitrogens with zero attached hydrogens (tertiary/aromatic N) is 3. The van der Waals surface area contributed by atoms with Crippen LogP contribution in [0.25, 0.3) is 5.52 Å². The van der Waals surface area contributed by atoms with Crippen LogP contribution >= 0.6 is 0 Å². The summed E-state index contributed by atoms with van der Waals surface area (Å²) < 4.78 is 1.54. The number of aliphatic carboxylic acids is 1. The number of hydrogen-bond donors (Lipinski definition) is 2. The molecule has 0 radical (unpaired) electrons. The van der Waals surface area contributed by atoms with Gasteiger partial charge in [0.2, 0.25) is 0 Å². The molecule has 1 atom stereocenters. The molecule has 0 aliphatic rings. The summed E-state index contributed by atoms with van der Waals surface area (Å²) in [6.07, 6.45) is 6.19. The molecule has 2 rings (SSSR count). The molecule has 0 saturated carbocycles. The second-order valence-corrected chi connectivity index (χ2v) is 4.86. The highest BCUT2D eigenvalue weighted by Crippen LogP contribution is 2.12. The molecule has 0 fully saturated rings. The van der Waals surface area contributed by atoms with E-state index in [9.17, 15) is 9.59 Å². The van der Waals surface area contributed by atoms with Crippen molar-refractivity contribution in [3.63, 3.8) is 0 Å². The average Bonchev–Trinajstić information content (AvgIpc) is 2.81. The van der Waals surface area contributed by atoms with Crippen LogP contribution in [0.2, 0.25) is 0 Å². The van der Waals surface area contributed by atoms with E-state index < -0.39 is 11.9 Å². The van der Waals surface area contributed by atoms with Crippen LogP contribution in [0, 0.1) is 11.8 Å². The minimum Gasteiger partial charge on any atom is -0.481 e. The van der Waals surface area contributed by atoms with Gasteiger partial charge in [-0.3, -0.25) is 14.6 Å². The maximum Gasteiger partial charge on any atom is 0.308 e. The van der Waals surface area contributed by atoms with Gasteiger partial charge in [0.25, 0.3) is 5.91 Å². The molecule has 0 saturated heterocycles. The Morgan fingerprint density at radius 2 is 2.15 bits per heavy atom. The summed E-state index contributed by atoms with van der Waals surface area (Å²) in [5.74, 6) is -1.93. The largest absolute Gasteiger partial charge is 0.481 e. The molecule has 0 spiro atoms. The van der Waals surface area contributed by atoms with Crippen LogP contribution in [-0.2, 0) is 4.79 Å². The summed E-state index contributed by atoms with van der Waals surface area (Å²) in [5.41, 5.74) is 0.965. The van der Waals surface area contributed by atoms with Gasteiger partial charge in [-0.15, -0.1) is 0 Å². The summed E-state index contributed by atoms with van der Waals surface area (Å²) in [6, 6.07) is 0. The van der Waals surface area contributed by atoms with Crippen molar-refractivity contribution in [3.05, 3.63) is 30.4 Å². The Morgan fingerprint density at radius 3 is 2.80 bits per heavy atom. The van der Waals surface area contributed by atoms with E-state index in [0.717, 1.165) is 0 Å². The fraction of sp³-hybridized carbons (Fsp3) is 0.385. The van der Waals surface area contributed by atoms with Gasteiger partial charge in [0.15, 0.2) is 0 Å². The van der Waals surface area contributed by atoms with Crippen LogP contribution in [0.5, 0.6) is 0 Å². The van der Waals surface area contributed by atoms with E-state index >= 15 is 0 Å². The van der Waals surface area contributed by atoms with Gasteiger partial charge in [-0.05, 0) is 5.92 Å². The van der Waals surface area contributed by atoms with E-state index in [1.54, 1.807) is 23.1 Å². The number of carboxylic acid groups (broad SMARTS) is 1. The normalized spacial score (nSPS) is 12.6. The zero-order valence-corrected chi connectivity index (χ0v) is 11.3. The van der Waals surface area contributed by atoms with Gasteiger partial charge in [0.05, 0.1) is 29.4 Å². The van der Waals surface area contributed by atoms with E-state index in [2.05, 4.69) is 15.4 Å². The lowest BCUT2D eigenvalue weighted by molar-refractivity contribution is -0.142. The zero-order valence-electron chi connectivity index (χ0n) is 11.3. The molecule has 106 valence electrons. The maximum absolute atomic E-state index is 12.1. The van der Waals surface area contributed by atoms with Crippen molar-refractivity contribution < 1.29 is 14.7 Å². The number of carboxylic acids is 1. The third kappa shape index (κ3) is 2.76. The van der Waals surface area contributed by atoms with Crippen molar-refractivity contribution in [1.29, 1.82) is 0 Å². The van der Waals surface area contributed by atoms with Gasteiger partial charge in [-0.2, -0.15) is 5.10 Å². The van der Waals surface area contributed by atoms with Crippen molar-refractivity contribution in [3.8, 4) is 0 Å². The first kappa shape index (κ1) is 14.0. The fourth-order valence-electron chi connectivity index (χ4n) is 1.92. The Labute approximate surface area is 115 Å². The predicted molar refractivity (Wildman–Crippen MR) is 71.3 cm³/mol. The van der Waals surface area contributed by atoms with Crippen LogP contribution in [0.1, 0.15) is 24.2 Å². The van der Waals surface area contributed by atoms with Crippen molar-refractivity contribution in [2.45, 2.75) is 13.8 Å². The molecule has 7 nitrogen and oxygen atoms in total. The smallest absolute Gasteiger partial charge is 0.308 e. The summed E-state index contributed by atoms with van der Waals surface area (Å²) in [6.45, 7) is 3.71. The van der Waals surface area contributed by atoms with E-state index in [-0.39, 0.29) is 18.4 Å². The van der Waals surface area contributed by atoms with Crippen molar-refractivity contribution >= 4 is 17.4 Å². The van der Waals surface area contributed by atoms with Gasteiger partial charge in [-0.1, -0.05) is 13.8 Å². The Hall–Kier alpha value is -2.44. The molecule has 20 heavy (non-hydrogen) atoms. The first-order valence-corrected chi connectivity index (χ1v) is 6.29. The molecule has 2 aromatic rings. The second-order valence-electron chi connectivity index (χ2n) is 4.86. The van der Waals surface area contributed by atoms with Crippen molar-refractivity contribution in [1.82, 2.24) is 19.9 Å². The minimum atomic E-state index is -0.915. The molecule has 2 heterocycles. The monoisotopic (exact) mass is 276 g/mol. The number of aromatic nitrogens is 3. The summed E-state index contributed by atoms with van der Waals surface area (Å²) >= 11 is 0. The van der Waals surface area contributed by atoms with E-state index in [1.807, 2.05) is 13.8 Å². The van der Waals surface area contributed by atoms with Crippen molar-refractivity contribution in [2.75, 3.05) is 6.54 Å². The predicted octanol–water partition coefficient (Wildman–Crippen LogP) is 0.816. The van der Waals surface area contributed by atoms with Crippen LogP contribution in [-0.4, -0.2) is 38.1 Å². The number of hydrogen-bond acceptors (Lipinski definition) is 4. The number of carbonyl (C=O) groups excluding carboxylic acids is 1. The van der Waals surface area contributed by atoms with Gasteiger partial charge in [-0.25, -0.2) is 4.52 Å². The van der Waals surface area contributed by atoms with E-state index in [1.165, 1.54) is 6.20 Å². The molecular formula is C13H16N4O3. The third-order valence-corrected chi connectivity index (χ3v) is 3.17. The highest BCUT2D eigenvalue weighted by molar-refractivity contribution is 6.00. The SMILES string of the molecule is CC(C)C(CNC(=O)c1cnn2ccncc12)C(=O)O. The Morgan fingerprint density at radius 1 is 1.40 bits per heavy atom. The van der Waals surface area contributed by atoms with Crippen LogP contribution in [0.4, 0.5) is 0 Å². The van der Waals surface area contributed by atoms with Crippen molar-refractivity contribution in [2.24, 2.45) is 11.8 Å². The molecule has 0 aromatic carbocycles. The average molecular weight is 276 g/mol. The van der Waals surface area contributed by atoms with Crippen LogP contribution in [0.15, 0.2) is 24.8 Å². The third-order valence-electron chi connectivity index (χ3n) is 3.17. The Balaban J connectivity index is 2.11. The molecule has 2 aromatic heterocycles. The number of nitrogens with one attached hydrogen (secondary N) is 1. The quantitative estimate of drug-likeness (QED) is 0.842. The summed E-state index contributed by atoms with van der Waals surface area (Å²) in [4.78, 5) is 27.1. The molecule has 0 aliphatic heterocycles. The van der Waals surface area contributed by atoms with E-state index in [4.69, 9.17) is 5.11 Å². The number of carbonyl (C=O) groups is 2. The van der Waals surface area contributed by atoms with Gasteiger partial charge in [0.1, 0.15) is 0 Å². The molecule has 1 amide bonds. The number of fused-ring (bicyclic) bond motifs is 1. The Kier molecular flexibility index (Phi) is 3.97. The van der Waals surface area contributed by atoms with Gasteiger partial charge < -0.3 is 10.4 Å². The molecule has 0 aliphatic carbocycles. The van der Waals surface area contributed by atoms with Gasteiger partial charge in [0, 0.05) is 18.9 Å². The molecule has 2 N–H and O–H groups in total. The van der Waals surface area contributed by atoms with Crippen LogP contribution in [0.3, 0.4) is 0 Å². The fourth-order valence-corrected chi connectivity index (χ4v) is 1.92. The Bertz CT molecular complexity index is 635. The lowest BCUT2D eigenvalue weighted by Crippen LogP contribution is -2.35. The molecule has 1 unspecified atom stereocenters. The minimum absolute atomic E-state index is 0.0571. The molecular weight excluding hydrogens is 260 g/mol. The first-order valence-electron chi connectivity index (χ1n) is 6.29. The summed E-state index contributed by atoms with van der Waals surface area (Å²) in [7, 11) is 0. The second kappa shape index (κ2) is 5.68. The molecule has 7 heteroatoms. The lowest BCUT2D eigenvalue weighted by atomic mass is 9.96. The lowest BCUT2D eigenvalue weighted by Gasteiger charge is -2.16. The van der Waals surface area contributed by atoms with Gasteiger partial charge >= 0.3 is 5.97 Å². The number of amides is 1. The highest BCUT2D eigenvalue weighted by atomic mass is 16.4. The topological polar surface area (TPSA) is 96.6 Å². The standard InChI is InChI=1S/C13H16N4O3/c1-8(2)9(13(19)20)5-15-12(18)10-6-16-17-4-3-14-7-11(10)17/h3-4,6-9H,5H2,1-2H3,(H,15,18)(H,19,20). The summed E-state index contributed by atoms with van der Waals surface area (Å²) in [5, 5.41) is 15.8. The highest BCUT2D eigenvalue weighted by Gasteiger charge is 2.23. The molecule has 0 bridgehead atoms. The van der Waals surface area contributed by atoms with E-state index in [0.29, 0.717) is 11.1 Å². The van der Waals surface area contributed by atoms with Crippen LogP contribution < -0.4 is 5.32 Å². The maximum atomic E-state index is 12.1.